The fourth-order valence-corrected chi connectivity index (χ4v) is 5.58. The van der Waals surface area contributed by atoms with Crippen molar-refractivity contribution in [3.05, 3.63) is 120 Å². The molecule has 0 aliphatic carbocycles. The van der Waals surface area contributed by atoms with E-state index in [9.17, 15) is 9.18 Å². The summed E-state index contributed by atoms with van der Waals surface area (Å²) >= 11 is 1.31. The summed E-state index contributed by atoms with van der Waals surface area (Å²) in [5, 5.41) is 9.19. The van der Waals surface area contributed by atoms with Gasteiger partial charge in [0.15, 0.2) is 16.7 Å². The molecular weight excluding hydrogens is 551 g/mol. The van der Waals surface area contributed by atoms with Crippen molar-refractivity contribution in [1.29, 1.82) is 0 Å². The molecule has 2 aromatic heterocycles. The number of thioether (sulfide) groups is 1. The number of hydrogen-bond donors (Lipinski definition) is 0. The molecule has 3 aromatic carbocycles. The molecule has 1 aliphatic heterocycles. The Bertz CT molecular complexity index is 1660. The zero-order valence-corrected chi connectivity index (χ0v) is 23.7. The van der Waals surface area contributed by atoms with E-state index in [-0.39, 0.29) is 17.4 Å². The summed E-state index contributed by atoms with van der Waals surface area (Å²) in [6, 6.07) is 26.3. The summed E-state index contributed by atoms with van der Waals surface area (Å²) in [4.78, 5) is 21.7. The maximum Gasteiger partial charge on any atom is 0.275 e. The summed E-state index contributed by atoms with van der Waals surface area (Å²) in [7, 11) is 0. The summed E-state index contributed by atoms with van der Waals surface area (Å²) in [6.07, 6.45) is 5.68. The Morgan fingerprint density at radius 3 is 2.38 bits per heavy atom. The van der Waals surface area contributed by atoms with Crippen molar-refractivity contribution in [1.82, 2.24) is 29.5 Å². The molecule has 0 bridgehead atoms. The molecule has 0 N–H and O–H groups in total. The number of carbonyl (C=O) groups is 1. The van der Waals surface area contributed by atoms with Crippen LogP contribution in [0.3, 0.4) is 0 Å². The van der Waals surface area contributed by atoms with Crippen LogP contribution in [-0.2, 0) is 5.75 Å². The van der Waals surface area contributed by atoms with Crippen molar-refractivity contribution in [2.75, 3.05) is 32.7 Å². The fraction of sp³-hybridized carbons (Fsp3) is 0.188. The lowest BCUT2D eigenvalue weighted by molar-refractivity contribution is 0.0644. The number of amides is 1. The molecule has 0 radical (unpaired) electrons. The topological polar surface area (TPSA) is 80.3 Å². The van der Waals surface area contributed by atoms with Gasteiger partial charge in [0.25, 0.3) is 5.91 Å². The van der Waals surface area contributed by atoms with Crippen LogP contribution in [-0.4, -0.2) is 68.2 Å². The van der Waals surface area contributed by atoms with E-state index in [4.69, 9.17) is 4.42 Å². The van der Waals surface area contributed by atoms with E-state index in [2.05, 4.69) is 44.4 Å². The number of piperazine rings is 1. The van der Waals surface area contributed by atoms with Gasteiger partial charge in [-0.2, -0.15) is 0 Å². The largest absolute Gasteiger partial charge is 0.447 e. The lowest BCUT2D eigenvalue weighted by Gasteiger charge is -2.33. The highest BCUT2D eigenvalue weighted by molar-refractivity contribution is 7.98. The van der Waals surface area contributed by atoms with Crippen molar-refractivity contribution in [3.8, 4) is 17.1 Å². The lowest BCUT2D eigenvalue weighted by atomic mass is 10.2. The molecule has 3 heterocycles. The number of nitrogens with zero attached hydrogens (tertiary/aromatic N) is 6. The van der Waals surface area contributed by atoms with Gasteiger partial charge in [0.2, 0.25) is 5.89 Å². The second-order valence-electron chi connectivity index (χ2n) is 9.78. The zero-order chi connectivity index (χ0) is 28.7. The van der Waals surface area contributed by atoms with Crippen LogP contribution < -0.4 is 0 Å². The Morgan fingerprint density at radius 1 is 0.905 bits per heavy atom. The third-order valence-electron chi connectivity index (χ3n) is 6.99. The second-order valence-corrected chi connectivity index (χ2v) is 10.7. The second kappa shape index (κ2) is 13.0. The molecule has 1 aliphatic rings. The Hall–Kier alpha value is -4.54. The quantitative estimate of drug-likeness (QED) is 0.203. The van der Waals surface area contributed by atoms with Crippen LogP contribution in [0.15, 0.2) is 107 Å². The Morgan fingerprint density at radius 2 is 1.62 bits per heavy atom. The molecule has 212 valence electrons. The molecule has 0 saturated carbocycles. The zero-order valence-electron chi connectivity index (χ0n) is 22.8. The number of para-hydroxylation sites is 1. The van der Waals surface area contributed by atoms with Gasteiger partial charge in [-0.05, 0) is 17.7 Å². The van der Waals surface area contributed by atoms with E-state index in [0.29, 0.717) is 41.4 Å². The smallest absolute Gasteiger partial charge is 0.275 e. The fourth-order valence-electron chi connectivity index (χ4n) is 4.79. The van der Waals surface area contributed by atoms with Crippen LogP contribution in [0.1, 0.15) is 21.9 Å². The molecule has 42 heavy (non-hydrogen) atoms. The molecule has 10 heteroatoms. The SMILES string of the molecule is O=C(c1coc(CSc2nnc(-c3ccccc3)n2-c2ccccc2F)n1)N1CCN(CC=Cc2ccccc2)CC1. The van der Waals surface area contributed by atoms with E-state index >= 15 is 0 Å². The van der Waals surface area contributed by atoms with Crippen LogP contribution in [0.4, 0.5) is 4.39 Å². The molecule has 1 amide bonds. The van der Waals surface area contributed by atoms with Crippen LogP contribution in [0.25, 0.3) is 23.2 Å². The number of benzene rings is 3. The molecular formula is C32H29FN6O2S. The van der Waals surface area contributed by atoms with Crippen molar-refractivity contribution >= 4 is 23.7 Å². The van der Waals surface area contributed by atoms with Crippen LogP contribution in [0.2, 0.25) is 0 Å². The summed E-state index contributed by atoms with van der Waals surface area (Å²) in [6.45, 7) is 3.68. The standard InChI is InChI=1S/C32H29FN6O2S/c33-26-15-7-8-16-28(26)39-30(25-13-5-2-6-14-25)35-36-32(39)42-23-29-34-27(22-41-29)31(40)38-20-18-37(19-21-38)17-9-12-24-10-3-1-4-11-24/h1-16,22H,17-21,23H2. The van der Waals surface area contributed by atoms with E-state index in [1.54, 1.807) is 22.8 Å². The maximum atomic E-state index is 14.9. The highest BCUT2D eigenvalue weighted by Gasteiger charge is 2.25. The third kappa shape index (κ3) is 6.35. The minimum Gasteiger partial charge on any atom is -0.447 e. The molecule has 6 rings (SSSR count). The lowest BCUT2D eigenvalue weighted by Crippen LogP contribution is -2.48. The number of rotatable bonds is 9. The Balaban J connectivity index is 1.08. The van der Waals surface area contributed by atoms with E-state index in [1.807, 2.05) is 53.4 Å². The van der Waals surface area contributed by atoms with Crippen molar-refractivity contribution < 1.29 is 13.6 Å². The number of aromatic nitrogens is 4. The number of carbonyl (C=O) groups excluding carboxylic acids is 1. The first-order chi connectivity index (χ1) is 20.7. The Labute approximate surface area is 247 Å². The third-order valence-corrected chi connectivity index (χ3v) is 7.90. The predicted molar refractivity (Wildman–Crippen MR) is 161 cm³/mol. The predicted octanol–water partition coefficient (Wildman–Crippen LogP) is 5.82. The first kappa shape index (κ1) is 27.6. The van der Waals surface area contributed by atoms with Gasteiger partial charge in [0.05, 0.1) is 11.4 Å². The Kier molecular flexibility index (Phi) is 8.53. The molecule has 5 aromatic rings. The van der Waals surface area contributed by atoms with Gasteiger partial charge < -0.3 is 9.32 Å². The normalized spacial score (nSPS) is 14.1. The van der Waals surface area contributed by atoms with Gasteiger partial charge >= 0.3 is 0 Å². The van der Waals surface area contributed by atoms with Gasteiger partial charge in [-0.3, -0.25) is 14.3 Å². The summed E-state index contributed by atoms with van der Waals surface area (Å²) in [5.41, 5.74) is 2.62. The minimum absolute atomic E-state index is 0.143. The van der Waals surface area contributed by atoms with Crippen LogP contribution >= 0.6 is 11.8 Å². The highest BCUT2D eigenvalue weighted by atomic mass is 32.2. The monoisotopic (exact) mass is 580 g/mol. The molecule has 0 atom stereocenters. The summed E-state index contributed by atoms with van der Waals surface area (Å²) < 4.78 is 22.2. The average Bonchev–Trinajstić information content (AvgIpc) is 3.69. The van der Waals surface area contributed by atoms with Gasteiger partial charge in [0, 0.05) is 38.3 Å². The number of hydrogen-bond acceptors (Lipinski definition) is 7. The van der Waals surface area contributed by atoms with E-state index in [0.717, 1.165) is 25.2 Å². The highest BCUT2D eigenvalue weighted by Crippen LogP contribution is 2.30. The first-order valence-electron chi connectivity index (χ1n) is 13.7. The van der Waals surface area contributed by atoms with Crippen LogP contribution in [0.5, 0.6) is 0 Å². The van der Waals surface area contributed by atoms with Crippen molar-refractivity contribution in [3.63, 3.8) is 0 Å². The summed E-state index contributed by atoms with van der Waals surface area (Å²) in [5.74, 6) is 0.692. The number of oxazole rings is 1. The molecule has 0 spiro atoms. The first-order valence-corrected chi connectivity index (χ1v) is 14.7. The molecule has 8 nitrogen and oxygen atoms in total. The van der Waals surface area contributed by atoms with Crippen molar-refractivity contribution in [2.24, 2.45) is 0 Å². The number of halogens is 1. The van der Waals surface area contributed by atoms with Crippen LogP contribution in [0, 0.1) is 5.82 Å². The maximum absolute atomic E-state index is 14.9. The van der Waals surface area contributed by atoms with Crippen molar-refractivity contribution in [2.45, 2.75) is 10.9 Å². The van der Waals surface area contributed by atoms with Gasteiger partial charge in [0.1, 0.15) is 12.1 Å². The van der Waals surface area contributed by atoms with E-state index in [1.165, 1.54) is 29.7 Å². The molecule has 1 fully saturated rings. The van der Waals surface area contributed by atoms with E-state index < -0.39 is 0 Å². The van der Waals surface area contributed by atoms with Gasteiger partial charge in [-0.1, -0.05) is 96.7 Å². The minimum atomic E-state index is -0.382. The van der Waals surface area contributed by atoms with Gasteiger partial charge in [-0.25, -0.2) is 9.37 Å². The average molecular weight is 581 g/mol. The molecule has 0 unspecified atom stereocenters. The van der Waals surface area contributed by atoms with Gasteiger partial charge in [-0.15, -0.1) is 10.2 Å². The molecule has 1 saturated heterocycles.